The van der Waals surface area contributed by atoms with E-state index in [0.717, 1.165) is 18.2 Å². The van der Waals surface area contributed by atoms with Crippen LogP contribution in [0, 0.1) is 0 Å². The summed E-state index contributed by atoms with van der Waals surface area (Å²) in [6, 6.07) is 16.5. The molecule has 1 aliphatic rings. The zero-order valence-electron chi connectivity index (χ0n) is 14.1. The lowest BCUT2D eigenvalue weighted by Gasteiger charge is -2.17. The quantitative estimate of drug-likeness (QED) is 0.691. The van der Waals surface area contributed by atoms with Crippen LogP contribution in [-0.4, -0.2) is 23.1 Å². The van der Waals surface area contributed by atoms with E-state index in [9.17, 15) is 9.59 Å². The van der Waals surface area contributed by atoms with Gasteiger partial charge in [0.25, 0.3) is 5.91 Å². The maximum atomic E-state index is 12.5. The third-order valence-corrected chi connectivity index (χ3v) is 4.28. The van der Waals surface area contributed by atoms with Crippen molar-refractivity contribution in [2.24, 2.45) is 0 Å². The Morgan fingerprint density at radius 2 is 1.85 bits per heavy atom. The minimum Gasteiger partial charge on any atom is -0.447 e. The lowest BCUT2D eigenvalue weighted by molar-refractivity contribution is -0.156. The fourth-order valence-corrected chi connectivity index (χ4v) is 2.78. The molecule has 1 unspecified atom stereocenters. The zero-order chi connectivity index (χ0) is 17.9. The molecule has 0 saturated heterocycles. The van der Waals surface area contributed by atoms with E-state index in [4.69, 9.17) is 9.26 Å². The average molecular weight is 350 g/mol. The molecular weight excluding hydrogens is 332 g/mol. The average Bonchev–Trinajstić information content (AvgIpc) is 3.39. The van der Waals surface area contributed by atoms with Crippen molar-refractivity contribution >= 4 is 22.8 Å². The second-order valence-corrected chi connectivity index (χ2v) is 6.37. The standard InChI is InChI=1S/C20H18N2O4/c23-18(12-16-15-8-4-5-9-17(15)26-22-16)25-19(13-6-2-1-3-7-13)20(24)21-14-10-11-14/h1-9,14,19H,10-12H2,(H,21,24). The van der Waals surface area contributed by atoms with Crippen molar-refractivity contribution in [1.82, 2.24) is 10.5 Å². The fourth-order valence-electron chi connectivity index (χ4n) is 2.78. The normalized spacial score (nSPS) is 14.8. The summed E-state index contributed by atoms with van der Waals surface area (Å²) in [6.07, 6.45) is 0.900. The van der Waals surface area contributed by atoms with E-state index in [1.165, 1.54) is 0 Å². The summed E-state index contributed by atoms with van der Waals surface area (Å²) < 4.78 is 10.7. The van der Waals surface area contributed by atoms with E-state index in [1.807, 2.05) is 36.4 Å². The Morgan fingerprint density at radius 3 is 2.62 bits per heavy atom. The van der Waals surface area contributed by atoms with Crippen LogP contribution in [0.25, 0.3) is 11.0 Å². The summed E-state index contributed by atoms with van der Waals surface area (Å²) in [5, 5.41) is 7.60. The Bertz CT molecular complexity index is 931. The third kappa shape index (κ3) is 3.59. The van der Waals surface area contributed by atoms with Crippen molar-refractivity contribution in [3.63, 3.8) is 0 Å². The predicted molar refractivity (Wildman–Crippen MR) is 94.2 cm³/mol. The highest BCUT2D eigenvalue weighted by Gasteiger charge is 2.31. The van der Waals surface area contributed by atoms with Crippen molar-refractivity contribution in [3.05, 3.63) is 65.9 Å². The number of ether oxygens (including phenoxy) is 1. The number of rotatable bonds is 6. The fraction of sp³-hybridized carbons (Fsp3) is 0.250. The van der Waals surface area contributed by atoms with Gasteiger partial charge in [-0.1, -0.05) is 47.6 Å². The number of aromatic nitrogens is 1. The van der Waals surface area contributed by atoms with Gasteiger partial charge >= 0.3 is 5.97 Å². The van der Waals surface area contributed by atoms with Crippen molar-refractivity contribution < 1.29 is 18.8 Å². The highest BCUT2D eigenvalue weighted by molar-refractivity contribution is 5.87. The van der Waals surface area contributed by atoms with Gasteiger partial charge in [0.05, 0.1) is 6.42 Å². The Balaban J connectivity index is 1.51. The second kappa shape index (κ2) is 7.00. The molecule has 0 aliphatic heterocycles. The van der Waals surface area contributed by atoms with E-state index < -0.39 is 12.1 Å². The van der Waals surface area contributed by atoms with Gasteiger partial charge in [0, 0.05) is 17.0 Å². The van der Waals surface area contributed by atoms with E-state index in [0.29, 0.717) is 16.8 Å². The second-order valence-electron chi connectivity index (χ2n) is 6.37. The smallest absolute Gasteiger partial charge is 0.313 e. The number of para-hydroxylation sites is 1. The summed E-state index contributed by atoms with van der Waals surface area (Å²) >= 11 is 0. The Labute approximate surface area is 150 Å². The molecule has 6 heteroatoms. The van der Waals surface area contributed by atoms with Crippen molar-refractivity contribution in [2.75, 3.05) is 0 Å². The van der Waals surface area contributed by atoms with Crippen LogP contribution in [-0.2, 0) is 20.7 Å². The summed E-state index contributed by atoms with van der Waals surface area (Å²) in [4.78, 5) is 25.0. The lowest BCUT2D eigenvalue weighted by atomic mass is 10.1. The van der Waals surface area contributed by atoms with Gasteiger partial charge in [-0.05, 0) is 25.0 Å². The molecule has 1 atom stereocenters. The van der Waals surface area contributed by atoms with Gasteiger partial charge in [-0.25, -0.2) is 0 Å². The monoisotopic (exact) mass is 350 g/mol. The molecule has 1 aromatic heterocycles. The molecule has 2 aromatic carbocycles. The van der Waals surface area contributed by atoms with Crippen molar-refractivity contribution in [3.8, 4) is 0 Å². The maximum absolute atomic E-state index is 12.5. The van der Waals surface area contributed by atoms with Gasteiger partial charge in [0.2, 0.25) is 6.10 Å². The van der Waals surface area contributed by atoms with Gasteiger partial charge in [-0.3, -0.25) is 9.59 Å². The first kappa shape index (κ1) is 16.3. The number of fused-ring (bicyclic) bond motifs is 1. The number of benzene rings is 2. The van der Waals surface area contributed by atoms with Gasteiger partial charge < -0.3 is 14.6 Å². The molecule has 1 amide bonds. The SMILES string of the molecule is O=C(Cc1noc2ccccc12)OC(C(=O)NC1CC1)c1ccccc1. The number of esters is 1. The molecule has 0 spiro atoms. The maximum Gasteiger partial charge on any atom is 0.313 e. The van der Waals surface area contributed by atoms with E-state index in [1.54, 1.807) is 18.2 Å². The summed E-state index contributed by atoms with van der Waals surface area (Å²) in [5.74, 6) is -0.819. The minimum absolute atomic E-state index is 0.0585. The van der Waals surface area contributed by atoms with Crippen LogP contribution < -0.4 is 5.32 Å². The minimum atomic E-state index is -0.970. The lowest BCUT2D eigenvalue weighted by Crippen LogP contribution is -2.33. The number of hydrogen-bond donors (Lipinski definition) is 1. The first-order chi connectivity index (χ1) is 12.7. The Morgan fingerprint density at radius 1 is 1.12 bits per heavy atom. The highest BCUT2D eigenvalue weighted by atomic mass is 16.5. The molecule has 26 heavy (non-hydrogen) atoms. The van der Waals surface area contributed by atoms with Crippen LogP contribution in [0.5, 0.6) is 0 Å². The molecule has 4 rings (SSSR count). The molecule has 6 nitrogen and oxygen atoms in total. The number of amides is 1. The Hall–Kier alpha value is -3.15. The summed E-state index contributed by atoms with van der Waals surface area (Å²) in [6.45, 7) is 0. The molecule has 1 fully saturated rings. The number of nitrogens with zero attached hydrogens (tertiary/aromatic N) is 1. The molecular formula is C20H18N2O4. The van der Waals surface area contributed by atoms with Crippen LogP contribution in [0.4, 0.5) is 0 Å². The number of carbonyl (C=O) groups excluding carboxylic acids is 2. The van der Waals surface area contributed by atoms with E-state index >= 15 is 0 Å². The van der Waals surface area contributed by atoms with Crippen LogP contribution in [0.15, 0.2) is 59.1 Å². The molecule has 0 radical (unpaired) electrons. The first-order valence-corrected chi connectivity index (χ1v) is 8.59. The van der Waals surface area contributed by atoms with Crippen molar-refractivity contribution in [1.29, 1.82) is 0 Å². The predicted octanol–water partition coefficient (Wildman–Crippen LogP) is 2.93. The van der Waals surface area contributed by atoms with E-state index in [-0.39, 0.29) is 18.4 Å². The molecule has 1 N–H and O–H groups in total. The van der Waals surface area contributed by atoms with Gasteiger partial charge in [0.1, 0.15) is 5.69 Å². The number of carbonyl (C=O) groups is 2. The molecule has 0 bridgehead atoms. The van der Waals surface area contributed by atoms with Gasteiger partial charge in [0.15, 0.2) is 5.58 Å². The largest absolute Gasteiger partial charge is 0.447 e. The molecule has 3 aromatic rings. The van der Waals surface area contributed by atoms with Crippen LogP contribution in [0.2, 0.25) is 0 Å². The highest BCUT2D eigenvalue weighted by Crippen LogP contribution is 2.24. The Kier molecular flexibility index (Phi) is 4.39. The first-order valence-electron chi connectivity index (χ1n) is 8.59. The van der Waals surface area contributed by atoms with Gasteiger partial charge in [-0.2, -0.15) is 0 Å². The van der Waals surface area contributed by atoms with E-state index in [2.05, 4.69) is 10.5 Å². The summed E-state index contributed by atoms with van der Waals surface area (Å²) in [7, 11) is 0. The molecule has 1 saturated carbocycles. The zero-order valence-corrected chi connectivity index (χ0v) is 14.1. The topological polar surface area (TPSA) is 81.4 Å². The molecule has 1 heterocycles. The molecule has 1 aliphatic carbocycles. The van der Waals surface area contributed by atoms with Crippen molar-refractivity contribution in [2.45, 2.75) is 31.4 Å². The molecule has 132 valence electrons. The van der Waals surface area contributed by atoms with Crippen LogP contribution in [0.1, 0.15) is 30.2 Å². The van der Waals surface area contributed by atoms with Crippen LogP contribution >= 0.6 is 0 Å². The summed E-state index contributed by atoms with van der Waals surface area (Å²) in [5.41, 5.74) is 1.76. The number of nitrogens with one attached hydrogen (secondary N) is 1. The number of hydrogen-bond acceptors (Lipinski definition) is 5. The van der Waals surface area contributed by atoms with Gasteiger partial charge in [-0.15, -0.1) is 0 Å². The van der Waals surface area contributed by atoms with Crippen LogP contribution in [0.3, 0.4) is 0 Å². The third-order valence-electron chi connectivity index (χ3n) is 4.28.